The van der Waals surface area contributed by atoms with E-state index in [9.17, 15) is 23.3 Å². The fraction of sp³-hybridized carbons (Fsp3) is 0.333. The van der Waals surface area contributed by atoms with Crippen molar-refractivity contribution in [1.82, 2.24) is 14.5 Å². The summed E-state index contributed by atoms with van der Waals surface area (Å²) >= 11 is 0. The van der Waals surface area contributed by atoms with Crippen LogP contribution in [0, 0.1) is 10.1 Å². The highest BCUT2D eigenvalue weighted by molar-refractivity contribution is 5.47. The Balaban J connectivity index is 1.50. The zero-order chi connectivity index (χ0) is 18.7. The first-order valence-corrected chi connectivity index (χ1v) is 7.48. The molecule has 11 heteroatoms. The highest BCUT2D eigenvalue weighted by Crippen LogP contribution is 2.27. The molecule has 0 fully saturated rings. The van der Waals surface area contributed by atoms with Crippen molar-refractivity contribution in [2.45, 2.75) is 18.8 Å². The molecule has 2 aromatic heterocycles. The summed E-state index contributed by atoms with van der Waals surface area (Å²) in [6, 6.07) is 2.39. The molecule has 1 atom stereocenters. The van der Waals surface area contributed by atoms with Crippen molar-refractivity contribution < 1.29 is 27.6 Å². The van der Waals surface area contributed by atoms with Gasteiger partial charge in [0.25, 0.3) is 0 Å². The molecule has 0 saturated heterocycles. The van der Waals surface area contributed by atoms with Crippen molar-refractivity contribution >= 4 is 11.9 Å². The molecule has 1 aliphatic rings. The molecular weight excluding hydrogens is 357 g/mol. The molecule has 0 aliphatic carbocycles. The van der Waals surface area contributed by atoms with E-state index in [2.05, 4.69) is 9.97 Å². The first-order chi connectivity index (χ1) is 12.3. The first-order valence-electron chi connectivity index (χ1n) is 7.48. The van der Waals surface area contributed by atoms with Crippen molar-refractivity contribution in [3.63, 3.8) is 0 Å². The third-order valence-corrected chi connectivity index (χ3v) is 3.53. The van der Waals surface area contributed by atoms with E-state index in [4.69, 9.17) is 9.47 Å². The fourth-order valence-corrected chi connectivity index (χ4v) is 2.31. The van der Waals surface area contributed by atoms with E-state index in [0.29, 0.717) is 12.1 Å². The lowest BCUT2D eigenvalue weighted by Gasteiger charge is -2.21. The molecule has 0 amide bonds. The van der Waals surface area contributed by atoms with Crippen LogP contribution in [-0.2, 0) is 17.5 Å². The van der Waals surface area contributed by atoms with Crippen LogP contribution in [0.3, 0.4) is 0 Å². The Bertz CT molecular complexity index is 817. The molecule has 3 heterocycles. The van der Waals surface area contributed by atoms with Gasteiger partial charge in [-0.25, -0.2) is 0 Å². The Hall–Kier alpha value is -2.95. The van der Waals surface area contributed by atoms with E-state index in [1.54, 1.807) is 12.2 Å². The Kier molecular flexibility index (Phi) is 4.89. The van der Waals surface area contributed by atoms with E-state index >= 15 is 0 Å². The monoisotopic (exact) mass is 370 g/mol. The molecule has 8 nitrogen and oxygen atoms in total. The van der Waals surface area contributed by atoms with Crippen molar-refractivity contribution in [3.05, 3.63) is 52.0 Å². The molecule has 0 N–H and O–H groups in total. The highest BCUT2D eigenvalue weighted by Gasteiger charge is 2.32. The molecule has 0 radical (unpaired) electrons. The van der Waals surface area contributed by atoms with Crippen LogP contribution in [0.4, 0.5) is 19.0 Å². The number of halogens is 3. The Morgan fingerprint density at radius 3 is 2.92 bits per heavy atom. The van der Waals surface area contributed by atoms with Crippen molar-refractivity contribution in [2.75, 3.05) is 13.2 Å². The number of pyridine rings is 1. The number of alkyl halides is 3. The van der Waals surface area contributed by atoms with Crippen LogP contribution >= 0.6 is 0 Å². The van der Waals surface area contributed by atoms with Crippen molar-refractivity contribution in [3.8, 4) is 6.01 Å². The Labute approximate surface area is 145 Å². The number of hydrogen-bond acceptors (Lipinski definition) is 6. The molecule has 0 aromatic carbocycles. The predicted octanol–water partition coefficient (Wildman–Crippen LogP) is 2.70. The number of ether oxygens (including phenoxy) is 2. The quantitative estimate of drug-likeness (QED) is 0.594. The maximum Gasteiger partial charge on any atom is 0.433 e. The summed E-state index contributed by atoms with van der Waals surface area (Å²) in [5.74, 6) is -0.296. The number of hydrogen-bond donors (Lipinski definition) is 0. The number of nitro groups is 1. The van der Waals surface area contributed by atoms with E-state index in [0.717, 1.165) is 12.3 Å². The van der Waals surface area contributed by atoms with Gasteiger partial charge in [0, 0.05) is 11.2 Å². The van der Waals surface area contributed by atoms with Crippen LogP contribution in [0.5, 0.6) is 6.01 Å². The smallest absolute Gasteiger partial charge is 0.433 e. The minimum absolute atomic E-state index is 0.169. The van der Waals surface area contributed by atoms with Gasteiger partial charge in [0.1, 0.15) is 24.6 Å². The van der Waals surface area contributed by atoms with E-state index in [1.165, 1.54) is 16.8 Å². The van der Waals surface area contributed by atoms with E-state index in [1.807, 2.05) is 0 Å². The molecule has 138 valence electrons. The molecule has 26 heavy (non-hydrogen) atoms. The SMILES string of the molecule is O=[N+]([O-])c1cn2c(n1)OC[C@@H](OC/C=C/c1ccc(C(F)(F)F)nc1)C2. The maximum atomic E-state index is 12.4. The predicted molar refractivity (Wildman–Crippen MR) is 82.4 cm³/mol. The molecule has 3 rings (SSSR count). The van der Waals surface area contributed by atoms with Crippen molar-refractivity contribution in [1.29, 1.82) is 0 Å². The van der Waals surface area contributed by atoms with Crippen LogP contribution < -0.4 is 4.74 Å². The van der Waals surface area contributed by atoms with Gasteiger partial charge in [0.05, 0.1) is 13.2 Å². The summed E-state index contributed by atoms with van der Waals surface area (Å²) in [6.45, 7) is 0.747. The fourth-order valence-electron chi connectivity index (χ4n) is 2.31. The lowest BCUT2D eigenvalue weighted by Crippen LogP contribution is -2.32. The third kappa shape index (κ3) is 4.17. The third-order valence-electron chi connectivity index (χ3n) is 3.53. The van der Waals surface area contributed by atoms with Crippen LogP contribution in [0.15, 0.2) is 30.6 Å². The molecule has 0 unspecified atom stereocenters. The number of fused-ring (bicyclic) bond motifs is 1. The summed E-state index contributed by atoms with van der Waals surface area (Å²) in [6.07, 6.45) is 0.828. The van der Waals surface area contributed by atoms with Gasteiger partial charge < -0.3 is 19.6 Å². The molecule has 2 aromatic rings. The second-order valence-corrected chi connectivity index (χ2v) is 5.43. The summed E-state index contributed by atoms with van der Waals surface area (Å²) in [5, 5.41) is 10.7. The van der Waals surface area contributed by atoms with Gasteiger partial charge in [-0.3, -0.25) is 9.55 Å². The molecular formula is C15H13F3N4O4. The van der Waals surface area contributed by atoms with Gasteiger partial charge >= 0.3 is 18.0 Å². The normalized spacial score (nSPS) is 17.1. The zero-order valence-electron chi connectivity index (χ0n) is 13.2. The molecule has 0 spiro atoms. The minimum Gasteiger partial charge on any atom is -0.443 e. The van der Waals surface area contributed by atoms with E-state index < -0.39 is 16.8 Å². The standard InChI is InChI=1S/C15H13F3N4O4/c16-15(17,18)12-4-3-10(6-19-12)2-1-5-25-11-7-21-8-13(22(23)24)20-14(21)26-9-11/h1-4,6,8,11H,5,7,9H2/b2-1+/t11-/m0/s1. The second kappa shape index (κ2) is 7.12. The summed E-state index contributed by atoms with van der Waals surface area (Å²) in [5.41, 5.74) is -0.440. The maximum absolute atomic E-state index is 12.4. The summed E-state index contributed by atoms with van der Waals surface area (Å²) in [7, 11) is 0. The topological polar surface area (TPSA) is 92.3 Å². The minimum atomic E-state index is -4.46. The van der Waals surface area contributed by atoms with Crippen LogP contribution in [0.25, 0.3) is 6.08 Å². The molecule has 0 bridgehead atoms. The van der Waals surface area contributed by atoms with Crippen LogP contribution in [0.1, 0.15) is 11.3 Å². The van der Waals surface area contributed by atoms with Gasteiger partial charge in [0.15, 0.2) is 0 Å². The van der Waals surface area contributed by atoms with Gasteiger partial charge in [0.2, 0.25) is 0 Å². The average molecular weight is 370 g/mol. The largest absolute Gasteiger partial charge is 0.443 e. The Morgan fingerprint density at radius 1 is 1.46 bits per heavy atom. The van der Waals surface area contributed by atoms with Gasteiger partial charge in [-0.05, 0) is 16.6 Å². The summed E-state index contributed by atoms with van der Waals surface area (Å²) < 4.78 is 49.7. The van der Waals surface area contributed by atoms with Crippen molar-refractivity contribution in [2.24, 2.45) is 0 Å². The zero-order valence-corrected chi connectivity index (χ0v) is 13.2. The lowest BCUT2D eigenvalue weighted by molar-refractivity contribution is -0.389. The first kappa shape index (κ1) is 17.9. The second-order valence-electron chi connectivity index (χ2n) is 5.43. The lowest BCUT2D eigenvalue weighted by atomic mass is 10.2. The van der Waals surface area contributed by atoms with Crippen LogP contribution in [-0.4, -0.2) is 38.8 Å². The van der Waals surface area contributed by atoms with Gasteiger partial charge in [-0.15, -0.1) is 0 Å². The van der Waals surface area contributed by atoms with E-state index in [-0.39, 0.29) is 31.1 Å². The highest BCUT2D eigenvalue weighted by atomic mass is 19.4. The van der Waals surface area contributed by atoms with Gasteiger partial charge in [-0.2, -0.15) is 13.2 Å². The average Bonchev–Trinajstić information content (AvgIpc) is 3.02. The Morgan fingerprint density at radius 2 is 2.27 bits per heavy atom. The molecule has 0 saturated carbocycles. The van der Waals surface area contributed by atoms with Crippen LogP contribution in [0.2, 0.25) is 0 Å². The number of nitrogens with zero attached hydrogens (tertiary/aromatic N) is 4. The molecule has 1 aliphatic heterocycles. The number of rotatable bonds is 5. The number of aromatic nitrogens is 3. The number of imidazole rings is 1. The summed E-state index contributed by atoms with van der Waals surface area (Å²) in [4.78, 5) is 17.2. The van der Waals surface area contributed by atoms with Gasteiger partial charge in [-0.1, -0.05) is 18.2 Å².